The minimum absolute atomic E-state index is 0.00333. The van der Waals surface area contributed by atoms with E-state index in [1.807, 2.05) is 17.9 Å². The van der Waals surface area contributed by atoms with Gasteiger partial charge >= 0.3 is 0 Å². The lowest BCUT2D eigenvalue weighted by molar-refractivity contribution is 0.0713. The molecule has 1 saturated heterocycles. The van der Waals surface area contributed by atoms with Crippen LogP contribution in [0, 0.1) is 6.92 Å². The topological polar surface area (TPSA) is 36.7 Å². The minimum Gasteiger partial charge on any atom is -0.456 e. The summed E-state index contributed by atoms with van der Waals surface area (Å²) in [7, 11) is 0. The van der Waals surface area contributed by atoms with Gasteiger partial charge in [0.2, 0.25) is 0 Å². The van der Waals surface area contributed by atoms with Crippen LogP contribution in [0.1, 0.15) is 28.8 Å². The lowest BCUT2D eigenvalue weighted by Gasteiger charge is -2.35. The summed E-state index contributed by atoms with van der Waals surface area (Å²) in [5.41, 5.74) is 2.50. The van der Waals surface area contributed by atoms with Gasteiger partial charge in [0.25, 0.3) is 5.91 Å². The molecule has 1 aromatic carbocycles. The number of carbonyl (C=O) groups is 1. The molecule has 1 aromatic heterocycles. The Morgan fingerprint density at radius 3 is 2.55 bits per heavy atom. The fourth-order valence-corrected chi connectivity index (χ4v) is 2.83. The van der Waals surface area contributed by atoms with Crippen molar-refractivity contribution >= 4 is 11.6 Å². The van der Waals surface area contributed by atoms with Crippen molar-refractivity contribution in [2.75, 3.05) is 31.1 Å². The van der Waals surface area contributed by atoms with Crippen LogP contribution in [-0.4, -0.2) is 37.0 Å². The Morgan fingerprint density at radius 2 is 1.91 bits per heavy atom. The number of amides is 1. The molecule has 0 N–H and O–H groups in total. The lowest BCUT2D eigenvalue weighted by Crippen LogP contribution is -2.48. The zero-order valence-electron chi connectivity index (χ0n) is 13.2. The molecule has 2 heterocycles. The number of hydrogen-bond donors (Lipinski definition) is 0. The van der Waals surface area contributed by atoms with Gasteiger partial charge in [0.15, 0.2) is 5.76 Å². The van der Waals surface area contributed by atoms with Crippen molar-refractivity contribution in [1.82, 2.24) is 4.90 Å². The first-order chi connectivity index (χ1) is 10.7. The van der Waals surface area contributed by atoms with Crippen LogP contribution in [0.15, 0.2) is 40.8 Å². The van der Waals surface area contributed by atoms with Crippen molar-refractivity contribution in [1.29, 1.82) is 0 Å². The van der Waals surface area contributed by atoms with E-state index >= 15 is 0 Å². The number of rotatable bonds is 3. The molecule has 1 aliphatic rings. The minimum atomic E-state index is 0.00333. The summed E-state index contributed by atoms with van der Waals surface area (Å²) >= 11 is 0. The van der Waals surface area contributed by atoms with Crippen molar-refractivity contribution in [2.24, 2.45) is 0 Å². The fourth-order valence-electron chi connectivity index (χ4n) is 2.83. The summed E-state index contributed by atoms with van der Waals surface area (Å²) in [4.78, 5) is 16.6. The van der Waals surface area contributed by atoms with Crippen LogP contribution in [0.2, 0.25) is 0 Å². The van der Waals surface area contributed by atoms with Gasteiger partial charge in [0, 0.05) is 38.3 Å². The Balaban J connectivity index is 1.62. The van der Waals surface area contributed by atoms with E-state index < -0.39 is 0 Å². The highest BCUT2D eigenvalue weighted by atomic mass is 16.4. The monoisotopic (exact) mass is 298 g/mol. The highest BCUT2D eigenvalue weighted by molar-refractivity contribution is 5.91. The van der Waals surface area contributed by atoms with Gasteiger partial charge in [-0.15, -0.1) is 0 Å². The highest BCUT2D eigenvalue weighted by Gasteiger charge is 2.24. The van der Waals surface area contributed by atoms with E-state index in [1.54, 1.807) is 6.07 Å². The van der Waals surface area contributed by atoms with Gasteiger partial charge < -0.3 is 14.2 Å². The van der Waals surface area contributed by atoms with Crippen LogP contribution in [0.3, 0.4) is 0 Å². The third-order valence-electron chi connectivity index (χ3n) is 4.15. The smallest absolute Gasteiger partial charge is 0.289 e. The van der Waals surface area contributed by atoms with E-state index in [-0.39, 0.29) is 5.91 Å². The molecular weight excluding hydrogens is 276 g/mol. The number of anilines is 1. The maximum absolute atomic E-state index is 12.4. The lowest BCUT2D eigenvalue weighted by atomic mass is 10.2. The standard InChI is InChI=1S/C18H22N2O2/c1-3-16-7-8-17(22-16)18(21)20-11-9-19(10-12-20)15-6-4-5-14(2)13-15/h4-8,13H,3,9-12H2,1-2H3. The second-order valence-electron chi connectivity index (χ2n) is 5.74. The van der Waals surface area contributed by atoms with Crippen molar-refractivity contribution < 1.29 is 9.21 Å². The zero-order valence-corrected chi connectivity index (χ0v) is 13.2. The van der Waals surface area contributed by atoms with E-state index in [9.17, 15) is 4.79 Å². The Kier molecular flexibility index (Phi) is 4.18. The number of benzene rings is 1. The van der Waals surface area contributed by atoms with Crippen molar-refractivity contribution in [3.63, 3.8) is 0 Å². The SMILES string of the molecule is CCc1ccc(C(=O)N2CCN(c3cccc(C)c3)CC2)o1. The molecule has 0 aliphatic carbocycles. The molecular formula is C18H22N2O2. The number of piperazine rings is 1. The summed E-state index contributed by atoms with van der Waals surface area (Å²) in [5, 5.41) is 0. The second-order valence-corrected chi connectivity index (χ2v) is 5.74. The van der Waals surface area contributed by atoms with Crippen LogP contribution < -0.4 is 4.90 Å². The van der Waals surface area contributed by atoms with Crippen LogP contribution in [0.25, 0.3) is 0 Å². The molecule has 0 radical (unpaired) electrons. The Bertz CT molecular complexity index is 655. The normalized spacial score (nSPS) is 15.2. The molecule has 2 aromatic rings. The third kappa shape index (κ3) is 3.01. The summed E-state index contributed by atoms with van der Waals surface area (Å²) in [6.45, 7) is 7.30. The van der Waals surface area contributed by atoms with Crippen LogP contribution in [0.4, 0.5) is 5.69 Å². The predicted octanol–water partition coefficient (Wildman–Crippen LogP) is 3.11. The summed E-state index contributed by atoms with van der Waals surface area (Å²) < 4.78 is 5.57. The average molecular weight is 298 g/mol. The number of furan rings is 1. The molecule has 0 saturated carbocycles. The van der Waals surface area contributed by atoms with Crippen molar-refractivity contribution in [3.05, 3.63) is 53.5 Å². The third-order valence-corrected chi connectivity index (χ3v) is 4.15. The quantitative estimate of drug-likeness (QED) is 0.873. The first-order valence-corrected chi connectivity index (χ1v) is 7.87. The van der Waals surface area contributed by atoms with Gasteiger partial charge in [-0.05, 0) is 36.8 Å². The first kappa shape index (κ1) is 14.7. The van der Waals surface area contributed by atoms with E-state index in [0.29, 0.717) is 5.76 Å². The summed E-state index contributed by atoms with van der Waals surface area (Å²) in [6.07, 6.45) is 0.814. The second kappa shape index (κ2) is 6.26. The number of nitrogens with zero attached hydrogens (tertiary/aromatic N) is 2. The number of carbonyl (C=O) groups excluding carboxylic acids is 1. The largest absolute Gasteiger partial charge is 0.456 e. The molecule has 0 spiro atoms. The molecule has 4 nitrogen and oxygen atoms in total. The van der Waals surface area contributed by atoms with Crippen LogP contribution in [-0.2, 0) is 6.42 Å². The van der Waals surface area contributed by atoms with Gasteiger partial charge in [0.05, 0.1) is 0 Å². The molecule has 1 fully saturated rings. The van der Waals surface area contributed by atoms with E-state index in [4.69, 9.17) is 4.42 Å². The Hall–Kier alpha value is -2.23. The highest BCUT2D eigenvalue weighted by Crippen LogP contribution is 2.19. The van der Waals surface area contributed by atoms with Crippen LogP contribution in [0.5, 0.6) is 0 Å². The van der Waals surface area contributed by atoms with Gasteiger partial charge in [-0.3, -0.25) is 4.79 Å². The summed E-state index contributed by atoms with van der Waals surface area (Å²) in [6, 6.07) is 12.2. The maximum Gasteiger partial charge on any atom is 0.289 e. The number of hydrogen-bond acceptors (Lipinski definition) is 3. The molecule has 1 aliphatic heterocycles. The van der Waals surface area contributed by atoms with Gasteiger partial charge in [0.1, 0.15) is 5.76 Å². The fraction of sp³-hybridized carbons (Fsp3) is 0.389. The molecule has 0 atom stereocenters. The number of aryl methyl sites for hydroxylation is 2. The van der Waals surface area contributed by atoms with Gasteiger partial charge in [-0.1, -0.05) is 19.1 Å². The van der Waals surface area contributed by atoms with Crippen molar-refractivity contribution in [3.8, 4) is 0 Å². The zero-order chi connectivity index (χ0) is 15.5. The van der Waals surface area contributed by atoms with E-state index in [1.165, 1.54) is 11.3 Å². The maximum atomic E-state index is 12.4. The molecule has 1 amide bonds. The Morgan fingerprint density at radius 1 is 1.14 bits per heavy atom. The van der Waals surface area contributed by atoms with Crippen LogP contribution >= 0.6 is 0 Å². The van der Waals surface area contributed by atoms with Gasteiger partial charge in [-0.2, -0.15) is 0 Å². The average Bonchev–Trinajstić information content (AvgIpc) is 3.03. The molecule has 4 heteroatoms. The predicted molar refractivity (Wildman–Crippen MR) is 87.4 cm³/mol. The van der Waals surface area contributed by atoms with E-state index in [2.05, 4.69) is 36.1 Å². The molecule has 0 bridgehead atoms. The van der Waals surface area contributed by atoms with E-state index in [0.717, 1.165) is 38.4 Å². The Labute approximate surface area is 131 Å². The molecule has 3 rings (SSSR count). The van der Waals surface area contributed by atoms with Crippen molar-refractivity contribution in [2.45, 2.75) is 20.3 Å². The van der Waals surface area contributed by atoms with Gasteiger partial charge in [-0.25, -0.2) is 0 Å². The first-order valence-electron chi connectivity index (χ1n) is 7.87. The molecule has 22 heavy (non-hydrogen) atoms. The molecule has 0 unspecified atom stereocenters. The molecule has 116 valence electrons. The summed E-state index contributed by atoms with van der Waals surface area (Å²) in [5.74, 6) is 1.33.